The SMILES string of the molecule is O=[N+]([O-])c1cc(CNCCCn2ccnc2)cs1. The van der Waals surface area contributed by atoms with Crippen LogP contribution in [-0.4, -0.2) is 21.0 Å². The lowest BCUT2D eigenvalue weighted by Crippen LogP contribution is -2.15. The van der Waals surface area contributed by atoms with E-state index >= 15 is 0 Å². The first-order valence-electron chi connectivity index (χ1n) is 5.64. The molecule has 2 aromatic heterocycles. The maximum Gasteiger partial charge on any atom is 0.324 e. The largest absolute Gasteiger partial charge is 0.337 e. The van der Waals surface area contributed by atoms with Crippen LogP contribution in [-0.2, 0) is 13.1 Å². The van der Waals surface area contributed by atoms with Crippen molar-refractivity contribution in [1.82, 2.24) is 14.9 Å². The van der Waals surface area contributed by atoms with E-state index in [2.05, 4.69) is 10.3 Å². The van der Waals surface area contributed by atoms with Gasteiger partial charge in [-0.2, -0.15) is 0 Å². The van der Waals surface area contributed by atoms with Gasteiger partial charge in [-0.15, -0.1) is 0 Å². The van der Waals surface area contributed by atoms with Gasteiger partial charge in [0, 0.05) is 36.9 Å². The Morgan fingerprint density at radius 2 is 2.44 bits per heavy atom. The highest BCUT2D eigenvalue weighted by Crippen LogP contribution is 2.22. The lowest BCUT2D eigenvalue weighted by molar-refractivity contribution is -0.380. The van der Waals surface area contributed by atoms with E-state index in [-0.39, 0.29) is 9.92 Å². The number of aryl methyl sites for hydroxylation is 1. The van der Waals surface area contributed by atoms with Crippen LogP contribution in [0.15, 0.2) is 30.2 Å². The van der Waals surface area contributed by atoms with Gasteiger partial charge in [-0.05, 0) is 18.5 Å². The number of nitrogens with zero attached hydrogens (tertiary/aromatic N) is 3. The summed E-state index contributed by atoms with van der Waals surface area (Å²) in [6.07, 6.45) is 6.49. The summed E-state index contributed by atoms with van der Waals surface area (Å²) in [5.74, 6) is 0. The summed E-state index contributed by atoms with van der Waals surface area (Å²) in [6.45, 7) is 2.48. The van der Waals surface area contributed by atoms with Crippen LogP contribution in [0, 0.1) is 10.1 Å². The fourth-order valence-corrected chi connectivity index (χ4v) is 2.32. The van der Waals surface area contributed by atoms with Crippen LogP contribution in [0.1, 0.15) is 12.0 Å². The zero-order valence-electron chi connectivity index (χ0n) is 9.78. The second-order valence-electron chi connectivity index (χ2n) is 3.88. The standard InChI is InChI=1S/C11H14N4O2S/c16-15(17)11-6-10(8-18-11)7-12-2-1-4-14-5-3-13-9-14/h3,5-6,8-9,12H,1-2,4,7H2. The molecule has 2 rings (SSSR count). The van der Waals surface area contributed by atoms with E-state index < -0.39 is 0 Å². The van der Waals surface area contributed by atoms with Crippen LogP contribution in [0.2, 0.25) is 0 Å². The number of aromatic nitrogens is 2. The second-order valence-corrected chi connectivity index (χ2v) is 4.77. The number of nitrogens with one attached hydrogen (secondary N) is 1. The fraction of sp³-hybridized carbons (Fsp3) is 0.364. The Morgan fingerprint density at radius 3 is 3.11 bits per heavy atom. The summed E-state index contributed by atoms with van der Waals surface area (Å²) in [7, 11) is 0. The van der Waals surface area contributed by atoms with Crippen molar-refractivity contribution in [2.45, 2.75) is 19.5 Å². The molecule has 2 heterocycles. The van der Waals surface area contributed by atoms with E-state index in [1.54, 1.807) is 18.6 Å². The molecule has 18 heavy (non-hydrogen) atoms. The minimum Gasteiger partial charge on any atom is -0.337 e. The minimum absolute atomic E-state index is 0.199. The number of imidazole rings is 1. The zero-order valence-corrected chi connectivity index (χ0v) is 10.6. The predicted octanol–water partition coefficient (Wildman–Crippen LogP) is 2.03. The molecule has 0 aromatic carbocycles. The van der Waals surface area contributed by atoms with E-state index in [4.69, 9.17) is 0 Å². The molecule has 7 heteroatoms. The Hall–Kier alpha value is -1.73. The van der Waals surface area contributed by atoms with E-state index in [1.807, 2.05) is 16.1 Å². The van der Waals surface area contributed by atoms with Crippen molar-refractivity contribution in [3.05, 3.63) is 45.8 Å². The van der Waals surface area contributed by atoms with Crippen molar-refractivity contribution in [2.24, 2.45) is 0 Å². The van der Waals surface area contributed by atoms with Gasteiger partial charge in [-0.1, -0.05) is 11.3 Å². The lowest BCUT2D eigenvalue weighted by atomic mass is 10.3. The van der Waals surface area contributed by atoms with Crippen LogP contribution >= 0.6 is 11.3 Å². The first kappa shape index (κ1) is 12.7. The van der Waals surface area contributed by atoms with E-state index in [9.17, 15) is 10.1 Å². The maximum absolute atomic E-state index is 10.5. The smallest absolute Gasteiger partial charge is 0.324 e. The van der Waals surface area contributed by atoms with Crippen molar-refractivity contribution in [1.29, 1.82) is 0 Å². The highest BCUT2D eigenvalue weighted by atomic mass is 32.1. The molecule has 0 radical (unpaired) electrons. The van der Waals surface area contributed by atoms with Gasteiger partial charge in [0.05, 0.1) is 11.3 Å². The van der Waals surface area contributed by atoms with Crippen molar-refractivity contribution in [3.63, 3.8) is 0 Å². The molecule has 0 saturated carbocycles. The fourth-order valence-electron chi connectivity index (χ4n) is 1.59. The number of nitro groups is 1. The highest BCUT2D eigenvalue weighted by Gasteiger charge is 2.08. The topological polar surface area (TPSA) is 73.0 Å². The van der Waals surface area contributed by atoms with Crippen molar-refractivity contribution < 1.29 is 4.92 Å². The van der Waals surface area contributed by atoms with Gasteiger partial charge < -0.3 is 9.88 Å². The third-order valence-electron chi connectivity index (χ3n) is 2.48. The zero-order chi connectivity index (χ0) is 12.8. The average Bonchev–Trinajstić information content (AvgIpc) is 2.98. The Bertz CT molecular complexity index is 495. The highest BCUT2D eigenvalue weighted by molar-refractivity contribution is 7.13. The Balaban J connectivity index is 1.64. The van der Waals surface area contributed by atoms with Gasteiger partial charge in [-0.3, -0.25) is 10.1 Å². The number of hydrogen-bond acceptors (Lipinski definition) is 5. The molecule has 0 bridgehead atoms. The molecule has 0 atom stereocenters. The monoisotopic (exact) mass is 266 g/mol. The van der Waals surface area contributed by atoms with Gasteiger partial charge in [0.15, 0.2) is 0 Å². The molecule has 1 N–H and O–H groups in total. The summed E-state index contributed by atoms with van der Waals surface area (Å²) in [4.78, 5) is 14.1. The minimum atomic E-state index is -0.354. The molecular formula is C11H14N4O2S. The van der Waals surface area contributed by atoms with E-state index in [0.29, 0.717) is 6.54 Å². The van der Waals surface area contributed by atoms with Gasteiger partial charge in [-0.25, -0.2) is 4.98 Å². The molecule has 0 saturated heterocycles. The number of thiophene rings is 1. The molecule has 0 aliphatic heterocycles. The van der Waals surface area contributed by atoms with E-state index in [1.165, 1.54) is 11.3 Å². The Kier molecular flexibility index (Phi) is 4.43. The molecule has 96 valence electrons. The molecular weight excluding hydrogens is 252 g/mol. The quantitative estimate of drug-likeness (QED) is 0.473. The summed E-state index contributed by atoms with van der Waals surface area (Å²) in [6, 6.07) is 1.62. The number of rotatable bonds is 7. The first-order chi connectivity index (χ1) is 8.75. The normalized spacial score (nSPS) is 10.7. The lowest BCUT2D eigenvalue weighted by Gasteiger charge is -2.03. The maximum atomic E-state index is 10.5. The Labute approximate surface area is 108 Å². The third-order valence-corrected chi connectivity index (χ3v) is 3.41. The van der Waals surface area contributed by atoms with Crippen LogP contribution in [0.3, 0.4) is 0 Å². The summed E-state index contributed by atoms with van der Waals surface area (Å²) >= 11 is 1.17. The second kappa shape index (κ2) is 6.27. The molecule has 0 unspecified atom stereocenters. The first-order valence-corrected chi connectivity index (χ1v) is 6.52. The average molecular weight is 266 g/mol. The van der Waals surface area contributed by atoms with Crippen molar-refractivity contribution >= 4 is 16.3 Å². The van der Waals surface area contributed by atoms with Crippen LogP contribution in [0.25, 0.3) is 0 Å². The molecule has 6 nitrogen and oxygen atoms in total. The third kappa shape index (κ3) is 3.64. The molecule has 0 aliphatic rings. The van der Waals surface area contributed by atoms with Crippen LogP contribution < -0.4 is 5.32 Å². The molecule has 0 amide bonds. The predicted molar refractivity (Wildman–Crippen MR) is 69.5 cm³/mol. The van der Waals surface area contributed by atoms with Crippen LogP contribution in [0.5, 0.6) is 0 Å². The Morgan fingerprint density at radius 1 is 1.56 bits per heavy atom. The number of hydrogen-bond donors (Lipinski definition) is 1. The van der Waals surface area contributed by atoms with Crippen molar-refractivity contribution in [2.75, 3.05) is 6.54 Å². The van der Waals surface area contributed by atoms with Gasteiger partial charge >= 0.3 is 5.00 Å². The molecule has 0 spiro atoms. The summed E-state index contributed by atoms with van der Waals surface area (Å²) in [5, 5.41) is 15.8. The van der Waals surface area contributed by atoms with E-state index in [0.717, 1.165) is 25.1 Å². The van der Waals surface area contributed by atoms with Gasteiger partial charge in [0.2, 0.25) is 0 Å². The summed E-state index contributed by atoms with van der Waals surface area (Å²) in [5.41, 5.74) is 0.967. The van der Waals surface area contributed by atoms with Crippen LogP contribution in [0.4, 0.5) is 5.00 Å². The van der Waals surface area contributed by atoms with Crippen molar-refractivity contribution in [3.8, 4) is 0 Å². The van der Waals surface area contributed by atoms with Gasteiger partial charge in [0.25, 0.3) is 0 Å². The molecule has 0 aliphatic carbocycles. The van der Waals surface area contributed by atoms with Gasteiger partial charge in [0.1, 0.15) is 0 Å². The molecule has 2 aromatic rings. The summed E-state index contributed by atoms with van der Waals surface area (Å²) < 4.78 is 2.02. The molecule has 0 fully saturated rings.